The smallest absolute Gasteiger partial charge is 0.231 e. The van der Waals surface area contributed by atoms with Crippen molar-refractivity contribution >= 4 is 0 Å². The van der Waals surface area contributed by atoms with Gasteiger partial charge in [0.05, 0.1) is 5.92 Å². The molecule has 5 nitrogen and oxygen atoms in total. The second-order valence-electron chi connectivity index (χ2n) is 4.50. The Kier molecular flexibility index (Phi) is 3.90. The summed E-state index contributed by atoms with van der Waals surface area (Å²) in [6.45, 7) is 3.11. The molecule has 1 aliphatic rings. The summed E-state index contributed by atoms with van der Waals surface area (Å²) in [6, 6.07) is 0. The minimum atomic E-state index is 0.426. The van der Waals surface area contributed by atoms with Gasteiger partial charge >= 0.3 is 0 Å². The van der Waals surface area contributed by atoms with Gasteiger partial charge in [-0.25, -0.2) is 0 Å². The molecule has 2 rings (SSSR count). The Labute approximate surface area is 96.2 Å². The molecule has 1 atom stereocenters. The van der Waals surface area contributed by atoms with Crippen LogP contribution >= 0.6 is 0 Å². The second kappa shape index (κ2) is 5.41. The van der Waals surface area contributed by atoms with Crippen LogP contribution in [0.3, 0.4) is 0 Å². The highest BCUT2D eigenvalue weighted by Gasteiger charge is 2.23. The number of aromatic nitrogens is 2. The summed E-state index contributed by atoms with van der Waals surface area (Å²) in [5, 5.41) is 7.09. The molecule has 0 aromatic carbocycles. The van der Waals surface area contributed by atoms with Gasteiger partial charge < -0.3 is 14.7 Å². The second-order valence-corrected chi connectivity index (χ2v) is 4.50. The van der Waals surface area contributed by atoms with Crippen LogP contribution < -0.4 is 5.32 Å². The number of nitrogens with zero attached hydrogens (tertiary/aromatic N) is 3. The molecule has 1 aromatic rings. The standard InChI is InChI=1S/C11H20N4O/c1-12-6-5-10-13-11(16-14-10)9-4-3-7-15(2)8-9/h9,12H,3-8H2,1-2H3. The maximum Gasteiger partial charge on any atom is 0.231 e. The van der Waals surface area contributed by atoms with E-state index in [1.807, 2.05) is 7.05 Å². The normalized spacial score (nSPS) is 22.5. The molecule has 1 aromatic heterocycles. The van der Waals surface area contributed by atoms with Crippen molar-refractivity contribution in [2.75, 3.05) is 33.7 Å². The summed E-state index contributed by atoms with van der Waals surface area (Å²) in [5.41, 5.74) is 0. The lowest BCUT2D eigenvalue weighted by atomic mass is 9.98. The van der Waals surface area contributed by atoms with Crippen LogP contribution in [0, 0.1) is 0 Å². The van der Waals surface area contributed by atoms with Crippen LogP contribution in [0.5, 0.6) is 0 Å². The van der Waals surface area contributed by atoms with E-state index in [2.05, 4.69) is 27.4 Å². The van der Waals surface area contributed by atoms with E-state index in [1.165, 1.54) is 13.0 Å². The number of nitrogens with one attached hydrogen (secondary N) is 1. The summed E-state index contributed by atoms with van der Waals surface area (Å²) in [7, 11) is 4.07. The first kappa shape index (κ1) is 11.5. The van der Waals surface area contributed by atoms with Crippen molar-refractivity contribution in [3.63, 3.8) is 0 Å². The highest BCUT2D eigenvalue weighted by molar-refractivity contribution is 4.97. The summed E-state index contributed by atoms with van der Waals surface area (Å²) in [6.07, 6.45) is 3.22. The third kappa shape index (κ3) is 2.80. The highest BCUT2D eigenvalue weighted by atomic mass is 16.5. The molecule has 0 bridgehead atoms. The van der Waals surface area contributed by atoms with Crippen LogP contribution in [0.25, 0.3) is 0 Å². The quantitative estimate of drug-likeness (QED) is 0.813. The lowest BCUT2D eigenvalue weighted by Crippen LogP contribution is -2.30. The minimum Gasteiger partial charge on any atom is -0.339 e. The maximum absolute atomic E-state index is 5.33. The van der Waals surface area contributed by atoms with E-state index >= 15 is 0 Å². The zero-order valence-electron chi connectivity index (χ0n) is 10.1. The van der Waals surface area contributed by atoms with E-state index in [0.29, 0.717) is 5.92 Å². The largest absolute Gasteiger partial charge is 0.339 e. The monoisotopic (exact) mass is 224 g/mol. The Hall–Kier alpha value is -0.940. The van der Waals surface area contributed by atoms with E-state index in [1.54, 1.807) is 0 Å². The van der Waals surface area contributed by atoms with Gasteiger partial charge in [-0.15, -0.1) is 0 Å². The molecule has 16 heavy (non-hydrogen) atoms. The summed E-state index contributed by atoms with van der Waals surface area (Å²) >= 11 is 0. The van der Waals surface area contributed by atoms with Gasteiger partial charge in [-0.2, -0.15) is 4.98 Å². The van der Waals surface area contributed by atoms with Gasteiger partial charge in [0.2, 0.25) is 5.89 Å². The van der Waals surface area contributed by atoms with Crippen molar-refractivity contribution in [3.05, 3.63) is 11.7 Å². The molecule has 1 aliphatic heterocycles. The first-order chi connectivity index (χ1) is 7.79. The van der Waals surface area contributed by atoms with Crippen molar-refractivity contribution in [2.24, 2.45) is 0 Å². The Balaban J connectivity index is 1.95. The number of piperidine rings is 1. The van der Waals surface area contributed by atoms with Crippen molar-refractivity contribution in [2.45, 2.75) is 25.2 Å². The van der Waals surface area contributed by atoms with Crippen molar-refractivity contribution in [1.29, 1.82) is 0 Å². The van der Waals surface area contributed by atoms with E-state index in [-0.39, 0.29) is 0 Å². The molecule has 2 heterocycles. The van der Waals surface area contributed by atoms with Gasteiger partial charge in [-0.1, -0.05) is 5.16 Å². The lowest BCUT2D eigenvalue weighted by molar-refractivity contribution is 0.220. The number of hydrogen-bond donors (Lipinski definition) is 1. The van der Waals surface area contributed by atoms with Crippen molar-refractivity contribution < 1.29 is 4.52 Å². The minimum absolute atomic E-state index is 0.426. The molecule has 1 unspecified atom stereocenters. The zero-order valence-corrected chi connectivity index (χ0v) is 10.1. The van der Waals surface area contributed by atoms with Crippen molar-refractivity contribution in [3.8, 4) is 0 Å². The molecule has 1 saturated heterocycles. The first-order valence-corrected chi connectivity index (χ1v) is 5.95. The fourth-order valence-electron chi connectivity index (χ4n) is 2.14. The Morgan fingerprint density at radius 3 is 3.19 bits per heavy atom. The average molecular weight is 224 g/mol. The SMILES string of the molecule is CNCCc1noc(C2CCCN(C)C2)n1. The molecule has 1 N–H and O–H groups in total. The lowest BCUT2D eigenvalue weighted by Gasteiger charge is -2.27. The van der Waals surface area contributed by atoms with E-state index in [0.717, 1.165) is 37.6 Å². The van der Waals surface area contributed by atoms with Gasteiger partial charge in [-0.05, 0) is 33.5 Å². The fourth-order valence-corrected chi connectivity index (χ4v) is 2.14. The van der Waals surface area contributed by atoms with Crippen LogP contribution in [0.15, 0.2) is 4.52 Å². The van der Waals surface area contributed by atoms with Crippen LogP contribution in [0.2, 0.25) is 0 Å². The average Bonchev–Trinajstić information content (AvgIpc) is 2.75. The van der Waals surface area contributed by atoms with Gasteiger partial charge in [0, 0.05) is 19.5 Å². The molecule has 0 amide bonds. The summed E-state index contributed by atoms with van der Waals surface area (Å²) in [4.78, 5) is 6.79. The topological polar surface area (TPSA) is 54.2 Å². The molecule has 0 saturated carbocycles. The van der Waals surface area contributed by atoms with Gasteiger partial charge in [-0.3, -0.25) is 0 Å². The summed E-state index contributed by atoms with van der Waals surface area (Å²) in [5.74, 6) is 2.06. The number of likely N-dealkylation sites (N-methyl/N-ethyl adjacent to an activating group) is 2. The van der Waals surface area contributed by atoms with Crippen LogP contribution in [-0.4, -0.2) is 48.8 Å². The number of rotatable bonds is 4. The first-order valence-electron chi connectivity index (χ1n) is 5.95. The third-order valence-corrected chi connectivity index (χ3v) is 3.06. The summed E-state index contributed by atoms with van der Waals surface area (Å²) < 4.78 is 5.33. The van der Waals surface area contributed by atoms with Gasteiger partial charge in [0.15, 0.2) is 5.82 Å². The predicted octanol–water partition coefficient (Wildman–Crippen LogP) is 0.641. The molecule has 0 spiro atoms. The highest BCUT2D eigenvalue weighted by Crippen LogP contribution is 2.24. The number of likely N-dealkylation sites (tertiary alicyclic amines) is 1. The van der Waals surface area contributed by atoms with E-state index in [4.69, 9.17) is 4.52 Å². The molecular weight excluding hydrogens is 204 g/mol. The van der Waals surface area contributed by atoms with Crippen LogP contribution in [0.4, 0.5) is 0 Å². The molecule has 1 fully saturated rings. The Morgan fingerprint density at radius 2 is 2.44 bits per heavy atom. The van der Waals surface area contributed by atoms with Crippen LogP contribution in [0.1, 0.15) is 30.5 Å². The van der Waals surface area contributed by atoms with Crippen LogP contribution in [-0.2, 0) is 6.42 Å². The van der Waals surface area contributed by atoms with E-state index in [9.17, 15) is 0 Å². The Bertz CT molecular complexity index is 326. The number of hydrogen-bond acceptors (Lipinski definition) is 5. The van der Waals surface area contributed by atoms with Gasteiger partial charge in [0.25, 0.3) is 0 Å². The third-order valence-electron chi connectivity index (χ3n) is 3.06. The maximum atomic E-state index is 5.33. The fraction of sp³-hybridized carbons (Fsp3) is 0.818. The van der Waals surface area contributed by atoms with E-state index < -0.39 is 0 Å². The zero-order chi connectivity index (χ0) is 11.4. The molecule has 90 valence electrons. The van der Waals surface area contributed by atoms with Gasteiger partial charge in [0.1, 0.15) is 0 Å². The molecule has 0 radical (unpaired) electrons. The van der Waals surface area contributed by atoms with Crippen molar-refractivity contribution in [1.82, 2.24) is 20.4 Å². The molecular formula is C11H20N4O. The predicted molar refractivity (Wildman–Crippen MR) is 61.4 cm³/mol. The molecule has 0 aliphatic carbocycles. The Morgan fingerprint density at radius 1 is 1.56 bits per heavy atom. The molecule has 5 heteroatoms.